The van der Waals surface area contributed by atoms with Gasteiger partial charge in [-0.1, -0.05) is 159 Å². The summed E-state index contributed by atoms with van der Waals surface area (Å²) >= 11 is 0. The van der Waals surface area contributed by atoms with Gasteiger partial charge in [0.1, 0.15) is 0 Å². The van der Waals surface area contributed by atoms with Gasteiger partial charge in [-0.25, -0.2) is 0 Å². The summed E-state index contributed by atoms with van der Waals surface area (Å²) in [6, 6.07) is 99.8. The standard InChI is InChI=1S/C63H52N4/c1-63(2,49-43-59(64(51-27-11-3-12-28-51)52-29-13-4-14-30-52)47-60(44-49)65(53-31-15-5-16-32-53)54-33-17-6-18-34-54)50-45-61(66(55-35-19-7-20-36-55)56-37-21-8-22-38-56)48-62(46-50)67(57-39-23-9-24-40-57)58-41-25-10-26-42-58/h3-48H,1-2H3. The van der Waals surface area contributed by atoms with Crippen LogP contribution in [0.25, 0.3) is 0 Å². The van der Waals surface area contributed by atoms with Gasteiger partial charge < -0.3 is 19.6 Å². The van der Waals surface area contributed by atoms with Gasteiger partial charge in [0, 0.05) is 73.7 Å². The lowest BCUT2D eigenvalue weighted by Gasteiger charge is -2.35. The molecule has 0 radical (unpaired) electrons. The second kappa shape index (κ2) is 19.2. The molecule has 0 spiro atoms. The highest BCUT2D eigenvalue weighted by Gasteiger charge is 2.30. The van der Waals surface area contributed by atoms with E-state index in [0.717, 1.165) is 79.4 Å². The first-order chi connectivity index (χ1) is 33.0. The zero-order valence-electron chi connectivity index (χ0n) is 37.8. The second-order valence-corrected chi connectivity index (χ2v) is 17.1. The van der Waals surface area contributed by atoms with E-state index >= 15 is 0 Å². The molecule has 0 heterocycles. The molecule has 0 unspecified atom stereocenters. The van der Waals surface area contributed by atoms with Crippen LogP contribution in [0.2, 0.25) is 0 Å². The van der Waals surface area contributed by atoms with Crippen LogP contribution >= 0.6 is 0 Å². The molecular formula is C63H52N4. The summed E-state index contributed by atoms with van der Waals surface area (Å²) < 4.78 is 0. The van der Waals surface area contributed by atoms with Crippen LogP contribution in [0.3, 0.4) is 0 Å². The number of nitrogens with zero attached hydrogens (tertiary/aromatic N) is 4. The number of rotatable bonds is 14. The topological polar surface area (TPSA) is 13.0 Å². The average molecular weight is 865 g/mol. The van der Waals surface area contributed by atoms with Crippen molar-refractivity contribution in [2.24, 2.45) is 0 Å². The van der Waals surface area contributed by atoms with Gasteiger partial charge >= 0.3 is 0 Å². The number of hydrogen-bond acceptors (Lipinski definition) is 4. The van der Waals surface area contributed by atoms with Gasteiger partial charge in [0.15, 0.2) is 0 Å². The van der Waals surface area contributed by atoms with E-state index in [4.69, 9.17) is 0 Å². The molecule has 0 amide bonds. The zero-order valence-corrected chi connectivity index (χ0v) is 37.8. The Kier molecular flexibility index (Phi) is 12.2. The minimum Gasteiger partial charge on any atom is -0.310 e. The molecule has 0 N–H and O–H groups in total. The zero-order chi connectivity index (χ0) is 45.4. The Morgan fingerprint density at radius 1 is 0.194 bits per heavy atom. The van der Waals surface area contributed by atoms with Gasteiger partial charge in [-0.2, -0.15) is 0 Å². The van der Waals surface area contributed by atoms with Crippen LogP contribution in [0.5, 0.6) is 0 Å². The molecule has 10 aromatic carbocycles. The van der Waals surface area contributed by atoms with E-state index in [-0.39, 0.29) is 0 Å². The van der Waals surface area contributed by atoms with Gasteiger partial charge in [0.25, 0.3) is 0 Å². The third-order valence-electron chi connectivity index (χ3n) is 12.4. The number of para-hydroxylation sites is 8. The van der Waals surface area contributed by atoms with Crippen LogP contribution < -0.4 is 19.6 Å². The Labute approximate surface area is 395 Å². The lowest BCUT2D eigenvalue weighted by molar-refractivity contribution is 0.641. The van der Waals surface area contributed by atoms with E-state index in [0.29, 0.717) is 0 Å². The molecule has 0 aliphatic heterocycles. The third kappa shape index (κ3) is 9.07. The molecule has 0 aromatic heterocycles. The van der Waals surface area contributed by atoms with Crippen molar-refractivity contribution < 1.29 is 0 Å². The number of hydrogen-bond donors (Lipinski definition) is 0. The summed E-state index contributed by atoms with van der Waals surface area (Å²) in [7, 11) is 0. The average Bonchev–Trinajstić information content (AvgIpc) is 3.39. The van der Waals surface area contributed by atoms with E-state index in [1.54, 1.807) is 0 Å². The first-order valence-electron chi connectivity index (χ1n) is 22.9. The van der Waals surface area contributed by atoms with E-state index in [1.165, 1.54) is 0 Å². The van der Waals surface area contributed by atoms with Gasteiger partial charge in [-0.05, 0) is 145 Å². The Morgan fingerprint density at radius 3 is 0.493 bits per heavy atom. The third-order valence-corrected chi connectivity index (χ3v) is 12.4. The molecule has 0 bridgehead atoms. The summed E-state index contributed by atoms with van der Waals surface area (Å²) in [5.41, 5.74) is 14.6. The molecule has 0 aliphatic rings. The molecule has 0 fully saturated rings. The predicted octanol–water partition coefficient (Wildman–Crippen LogP) is 17.9. The maximum Gasteiger partial charge on any atom is 0.0485 e. The molecule has 0 saturated heterocycles. The fraction of sp³-hybridized carbons (Fsp3) is 0.0476. The van der Waals surface area contributed by atoms with E-state index in [1.807, 2.05) is 0 Å². The summed E-state index contributed by atoms with van der Waals surface area (Å²) in [6.45, 7) is 4.74. The van der Waals surface area contributed by atoms with Crippen molar-refractivity contribution in [3.05, 3.63) is 290 Å². The minimum atomic E-state index is -0.550. The quantitative estimate of drug-likeness (QED) is 0.108. The van der Waals surface area contributed by atoms with E-state index < -0.39 is 5.41 Å². The predicted molar refractivity (Wildman–Crippen MR) is 284 cm³/mol. The lowest BCUT2D eigenvalue weighted by atomic mass is 9.77. The summed E-state index contributed by atoms with van der Waals surface area (Å²) in [6.07, 6.45) is 0. The second-order valence-electron chi connectivity index (χ2n) is 17.1. The smallest absolute Gasteiger partial charge is 0.0485 e. The van der Waals surface area contributed by atoms with Crippen molar-refractivity contribution in [1.82, 2.24) is 0 Å². The summed E-state index contributed by atoms with van der Waals surface area (Å²) in [5, 5.41) is 0. The highest BCUT2D eigenvalue weighted by atomic mass is 15.2. The number of benzene rings is 10. The van der Waals surface area contributed by atoms with Crippen molar-refractivity contribution in [2.45, 2.75) is 19.3 Å². The monoisotopic (exact) mass is 864 g/mol. The number of anilines is 12. The minimum absolute atomic E-state index is 0.550. The largest absolute Gasteiger partial charge is 0.310 e. The van der Waals surface area contributed by atoms with Crippen LogP contribution in [0.15, 0.2) is 279 Å². The fourth-order valence-electron chi connectivity index (χ4n) is 9.00. The molecule has 10 rings (SSSR count). The molecule has 4 nitrogen and oxygen atoms in total. The maximum atomic E-state index is 2.39. The fourth-order valence-corrected chi connectivity index (χ4v) is 9.00. The highest BCUT2D eigenvalue weighted by Crippen LogP contribution is 2.48. The van der Waals surface area contributed by atoms with Gasteiger partial charge in [0.05, 0.1) is 0 Å². The highest BCUT2D eigenvalue weighted by molar-refractivity contribution is 5.86. The van der Waals surface area contributed by atoms with Crippen LogP contribution in [0.1, 0.15) is 25.0 Å². The van der Waals surface area contributed by atoms with Crippen molar-refractivity contribution in [3.8, 4) is 0 Å². The molecule has 324 valence electrons. The van der Waals surface area contributed by atoms with Gasteiger partial charge in [-0.3, -0.25) is 0 Å². The van der Waals surface area contributed by atoms with E-state index in [9.17, 15) is 0 Å². The normalized spacial score (nSPS) is 11.1. The van der Waals surface area contributed by atoms with Crippen LogP contribution in [0.4, 0.5) is 68.2 Å². The van der Waals surface area contributed by atoms with Crippen LogP contribution in [-0.4, -0.2) is 0 Å². The molecule has 10 aromatic rings. The molecule has 0 atom stereocenters. The van der Waals surface area contributed by atoms with Crippen LogP contribution in [0, 0.1) is 0 Å². The Morgan fingerprint density at radius 2 is 0.343 bits per heavy atom. The van der Waals surface area contributed by atoms with Crippen LogP contribution in [-0.2, 0) is 5.41 Å². The van der Waals surface area contributed by atoms with Crippen molar-refractivity contribution in [1.29, 1.82) is 0 Å². The Balaban J connectivity index is 1.25. The van der Waals surface area contributed by atoms with Crippen molar-refractivity contribution >= 4 is 68.2 Å². The summed E-state index contributed by atoms with van der Waals surface area (Å²) in [5.74, 6) is 0. The first-order valence-corrected chi connectivity index (χ1v) is 22.9. The van der Waals surface area contributed by atoms with E-state index in [2.05, 4.69) is 312 Å². The Hall–Kier alpha value is -8.60. The van der Waals surface area contributed by atoms with Crippen molar-refractivity contribution in [2.75, 3.05) is 19.6 Å². The van der Waals surface area contributed by atoms with Gasteiger partial charge in [-0.15, -0.1) is 0 Å². The van der Waals surface area contributed by atoms with Gasteiger partial charge in [0.2, 0.25) is 0 Å². The first kappa shape index (κ1) is 42.4. The lowest BCUT2D eigenvalue weighted by Crippen LogP contribution is -2.23. The molecule has 0 aliphatic carbocycles. The SMILES string of the molecule is CC(C)(c1cc(N(c2ccccc2)c2ccccc2)cc(N(c2ccccc2)c2ccccc2)c1)c1cc(N(c2ccccc2)c2ccccc2)cc(N(c2ccccc2)c2ccccc2)c1. The molecule has 0 saturated carbocycles. The maximum absolute atomic E-state index is 2.39. The molecule has 4 heteroatoms. The summed E-state index contributed by atoms with van der Waals surface area (Å²) in [4.78, 5) is 9.49. The molecular weight excluding hydrogens is 813 g/mol. The molecule has 67 heavy (non-hydrogen) atoms. The Bertz CT molecular complexity index is 2550. The van der Waals surface area contributed by atoms with Crippen molar-refractivity contribution in [3.63, 3.8) is 0 Å².